The molecule has 1 aliphatic rings. The summed E-state index contributed by atoms with van der Waals surface area (Å²) in [4.78, 5) is 30.6. The topological polar surface area (TPSA) is 71.1 Å². The molecule has 1 N–H and O–H groups in total. The van der Waals surface area contributed by atoms with E-state index in [1.807, 2.05) is 85.5 Å². The standard InChI is InChI=1S/C30H35N3O4/c1-5-26(23-10-7-6-8-11-23)29(34)31-27-16-21(2)12-13-28(27)33-15-9-14-32(30(33)35)20-22-17-24(36-3)19-25(18-22)37-4/h6-8,10-13,16-19,26H,5,9,14-15,20H2,1-4H3,(H,31,34)/t26-/m1/s1. The molecule has 1 saturated heterocycles. The van der Waals surface area contributed by atoms with Crippen LogP contribution in [0.5, 0.6) is 11.5 Å². The van der Waals surface area contributed by atoms with E-state index in [1.54, 1.807) is 19.1 Å². The normalized spacial score (nSPS) is 14.3. The predicted molar refractivity (Wildman–Crippen MR) is 147 cm³/mol. The number of aryl methyl sites for hydroxylation is 1. The van der Waals surface area contributed by atoms with Gasteiger partial charge in [0.05, 0.1) is 31.5 Å². The van der Waals surface area contributed by atoms with Gasteiger partial charge in [0, 0.05) is 25.7 Å². The maximum Gasteiger partial charge on any atom is 0.324 e. The van der Waals surface area contributed by atoms with Crippen molar-refractivity contribution >= 4 is 23.3 Å². The molecule has 1 atom stereocenters. The lowest BCUT2D eigenvalue weighted by molar-refractivity contribution is -0.117. The minimum atomic E-state index is -0.272. The van der Waals surface area contributed by atoms with Crippen molar-refractivity contribution < 1.29 is 19.1 Å². The van der Waals surface area contributed by atoms with Gasteiger partial charge in [0.25, 0.3) is 0 Å². The van der Waals surface area contributed by atoms with Gasteiger partial charge in [-0.2, -0.15) is 0 Å². The van der Waals surface area contributed by atoms with Crippen LogP contribution in [0.25, 0.3) is 0 Å². The van der Waals surface area contributed by atoms with Gasteiger partial charge < -0.3 is 19.7 Å². The van der Waals surface area contributed by atoms with E-state index in [1.165, 1.54) is 0 Å². The Hall–Kier alpha value is -4.00. The Kier molecular flexibility index (Phi) is 8.33. The van der Waals surface area contributed by atoms with Crippen molar-refractivity contribution in [1.29, 1.82) is 0 Å². The number of anilines is 2. The molecule has 7 nitrogen and oxygen atoms in total. The molecule has 7 heteroatoms. The Balaban J connectivity index is 1.57. The number of hydrogen-bond acceptors (Lipinski definition) is 4. The second-order valence-electron chi connectivity index (χ2n) is 9.31. The molecular formula is C30H35N3O4. The van der Waals surface area contributed by atoms with Gasteiger partial charge in [-0.05, 0) is 60.7 Å². The van der Waals surface area contributed by atoms with Crippen LogP contribution in [0.2, 0.25) is 0 Å². The second kappa shape index (κ2) is 11.8. The van der Waals surface area contributed by atoms with Gasteiger partial charge in [0.2, 0.25) is 5.91 Å². The lowest BCUT2D eigenvalue weighted by atomic mass is 9.95. The number of amides is 3. The fourth-order valence-corrected chi connectivity index (χ4v) is 4.79. The number of methoxy groups -OCH3 is 2. The highest BCUT2D eigenvalue weighted by Crippen LogP contribution is 2.32. The molecule has 0 spiro atoms. The molecule has 0 bridgehead atoms. The van der Waals surface area contributed by atoms with Crippen LogP contribution in [0.4, 0.5) is 16.2 Å². The molecule has 37 heavy (non-hydrogen) atoms. The van der Waals surface area contributed by atoms with Crippen molar-refractivity contribution in [2.45, 2.75) is 39.2 Å². The van der Waals surface area contributed by atoms with Crippen LogP contribution in [0, 0.1) is 6.92 Å². The van der Waals surface area contributed by atoms with E-state index in [0.29, 0.717) is 48.9 Å². The highest BCUT2D eigenvalue weighted by atomic mass is 16.5. The number of hydrogen-bond donors (Lipinski definition) is 1. The van der Waals surface area contributed by atoms with Crippen molar-refractivity contribution in [2.24, 2.45) is 0 Å². The number of nitrogens with zero attached hydrogens (tertiary/aromatic N) is 2. The summed E-state index contributed by atoms with van der Waals surface area (Å²) in [5, 5.41) is 3.13. The minimum Gasteiger partial charge on any atom is -0.497 e. The third-order valence-electron chi connectivity index (χ3n) is 6.72. The molecule has 3 aromatic carbocycles. The SMILES string of the molecule is CC[C@@H](C(=O)Nc1cc(C)ccc1N1CCCN(Cc2cc(OC)cc(OC)c2)C1=O)c1ccccc1. The molecule has 0 unspecified atom stereocenters. The fraction of sp³-hybridized carbons (Fsp3) is 0.333. The summed E-state index contributed by atoms with van der Waals surface area (Å²) in [7, 11) is 3.22. The first-order valence-corrected chi connectivity index (χ1v) is 12.7. The zero-order chi connectivity index (χ0) is 26.4. The average Bonchev–Trinajstić information content (AvgIpc) is 2.91. The van der Waals surface area contributed by atoms with Crippen LogP contribution in [0.15, 0.2) is 66.7 Å². The van der Waals surface area contributed by atoms with Crippen molar-refractivity contribution in [2.75, 3.05) is 37.5 Å². The van der Waals surface area contributed by atoms with Crippen molar-refractivity contribution in [3.63, 3.8) is 0 Å². The first kappa shape index (κ1) is 26.1. The first-order valence-electron chi connectivity index (χ1n) is 12.7. The van der Waals surface area contributed by atoms with E-state index >= 15 is 0 Å². The molecule has 194 valence electrons. The quantitative estimate of drug-likeness (QED) is 0.392. The van der Waals surface area contributed by atoms with E-state index in [4.69, 9.17) is 9.47 Å². The summed E-state index contributed by atoms with van der Waals surface area (Å²) in [6.07, 6.45) is 1.49. The second-order valence-corrected chi connectivity index (χ2v) is 9.31. The molecule has 1 fully saturated rings. The molecule has 1 heterocycles. The van der Waals surface area contributed by atoms with Gasteiger partial charge >= 0.3 is 6.03 Å². The Morgan fingerprint density at radius 1 is 0.973 bits per heavy atom. The van der Waals surface area contributed by atoms with E-state index in [0.717, 1.165) is 23.1 Å². The van der Waals surface area contributed by atoms with Crippen molar-refractivity contribution in [3.8, 4) is 11.5 Å². The fourth-order valence-electron chi connectivity index (χ4n) is 4.79. The number of rotatable bonds is 9. The molecule has 3 amide bonds. The van der Waals surface area contributed by atoms with Crippen molar-refractivity contribution in [3.05, 3.63) is 83.4 Å². The zero-order valence-electron chi connectivity index (χ0n) is 22.0. The number of carbonyl (C=O) groups excluding carboxylic acids is 2. The minimum absolute atomic E-state index is 0.0784. The van der Waals surface area contributed by atoms with Gasteiger partial charge in [-0.1, -0.05) is 43.3 Å². The van der Waals surface area contributed by atoms with Crippen LogP contribution in [-0.4, -0.2) is 44.1 Å². The van der Waals surface area contributed by atoms with Crippen LogP contribution in [-0.2, 0) is 11.3 Å². The Labute approximate surface area is 219 Å². The predicted octanol–water partition coefficient (Wildman–Crippen LogP) is 5.98. The summed E-state index contributed by atoms with van der Waals surface area (Å²) < 4.78 is 10.8. The van der Waals surface area contributed by atoms with Crippen LogP contribution in [0.1, 0.15) is 42.4 Å². The number of benzene rings is 3. The molecule has 0 aromatic heterocycles. The van der Waals surface area contributed by atoms with E-state index in [2.05, 4.69) is 5.32 Å². The van der Waals surface area contributed by atoms with Gasteiger partial charge in [-0.15, -0.1) is 0 Å². The van der Waals surface area contributed by atoms with Crippen molar-refractivity contribution in [1.82, 2.24) is 4.90 Å². The highest BCUT2D eigenvalue weighted by Gasteiger charge is 2.29. The van der Waals surface area contributed by atoms with E-state index in [9.17, 15) is 9.59 Å². The molecule has 0 radical (unpaired) electrons. The Morgan fingerprint density at radius 2 is 1.68 bits per heavy atom. The largest absolute Gasteiger partial charge is 0.497 e. The molecular weight excluding hydrogens is 466 g/mol. The summed E-state index contributed by atoms with van der Waals surface area (Å²) >= 11 is 0. The third kappa shape index (κ3) is 6.05. The number of urea groups is 1. The summed E-state index contributed by atoms with van der Waals surface area (Å²) in [5.41, 5.74) is 4.28. The average molecular weight is 502 g/mol. The molecule has 1 aliphatic heterocycles. The summed E-state index contributed by atoms with van der Waals surface area (Å²) in [5.74, 6) is 1.02. The summed E-state index contributed by atoms with van der Waals surface area (Å²) in [6, 6.07) is 21.2. The molecule has 0 aliphatic carbocycles. The van der Waals surface area contributed by atoms with Gasteiger partial charge in [-0.25, -0.2) is 4.79 Å². The summed E-state index contributed by atoms with van der Waals surface area (Å²) in [6.45, 7) is 5.65. The highest BCUT2D eigenvalue weighted by molar-refractivity contribution is 6.02. The Morgan fingerprint density at radius 3 is 2.32 bits per heavy atom. The van der Waals surface area contributed by atoms with Crippen LogP contribution in [0.3, 0.4) is 0 Å². The monoisotopic (exact) mass is 501 g/mol. The molecule has 0 saturated carbocycles. The number of nitrogens with one attached hydrogen (secondary N) is 1. The van der Waals surface area contributed by atoms with Gasteiger partial charge in [-0.3, -0.25) is 9.69 Å². The maximum atomic E-state index is 13.7. The van der Waals surface area contributed by atoms with E-state index in [-0.39, 0.29) is 17.9 Å². The third-order valence-corrected chi connectivity index (χ3v) is 6.72. The molecule has 4 rings (SSSR count). The van der Waals surface area contributed by atoms with Crippen LogP contribution >= 0.6 is 0 Å². The van der Waals surface area contributed by atoms with Crippen LogP contribution < -0.4 is 19.7 Å². The number of carbonyl (C=O) groups is 2. The van der Waals surface area contributed by atoms with Gasteiger partial charge in [0.15, 0.2) is 0 Å². The smallest absolute Gasteiger partial charge is 0.324 e. The van der Waals surface area contributed by atoms with Gasteiger partial charge in [0.1, 0.15) is 11.5 Å². The maximum absolute atomic E-state index is 13.7. The molecule has 3 aromatic rings. The lowest BCUT2D eigenvalue weighted by Crippen LogP contribution is -2.49. The lowest BCUT2D eigenvalue weighted by Gasteiger charge is -2.36. The Bertz CT molecular complexity index is 1220. The number of ether oxygens (including phenoxy) is 2. The zero-order valence-corrected chi connectivity index (χ0v) is 22.0. The first-order chi connectivity index (χ1) is 17.9. The van der Waals surface area contributed by atoms with E-state index < -0.39 is 0 Å².